The molecule has 0 fully saturated rings. The number of carbonyl (C=O) groups is 3. The van der Waals surface area contributed by atoms with Gasteiger partial charge < -0.3 is 18.9 Å². The summed E-state index contributed by atoms with van der Waals surface area (Å²) in [7, 11) is 0. The lowest BCUT2D eigenvalue weighted by Crippen LogP contribution is -2.22. The van der Waals surface area contributed by atoms with Crippen molar-refractivity contribution in [1.29, 1.82) is 0 Å². The van der Waals surface area contributed by atoms with Gasteiger partial charge in [-0.2, -0.15) is 0 Å². The Morgan fingerprint density at radius 2 is 1.50 bits per heavy atom. The molecule has 18 heavy (non-hydrogen) atoms. The van der Waals surface area contributed by atoms with Gasteiger partial charge in [0, 0.05) is 6.08 Å². The summed E-state index contributed by atoms with van der Waals surface area (Å²) in [4.78, 5) is 32.3. The Kier molecular flexibility index (Phi) is 9.20. The van der Waals surface area contributed by atoms with Crippen molar-refractivity contribution >= 4 is 17.9 Å². The fourth-order valence-corrected chi connectivity index (χ4v) is 0.804. The molecule has 7 heteroatoms. The van der Waals surface area contributed by atoms with E-state index in [-0.39, 0.29) is 33.0 Å². The van der Waals surface area contributed by atoms with E-state index in [1.54, 1.807) is 6.92 Å². The summed E-state index contributed by atoms with van der Waals surface area (Å²) in [6.45, 7) is 5.18. The van der Waals surface area contributed by atoms with Crippen molar-refractivity contribution in [2.75, 3.05) is 33.0 Å². The molecule has 0 aromatic rings. The third-order valence-corrected chi connectivity index (χ3v) is 1.54. The zero-order valence-electron chi connectivity index (χ0n) is 10.2. The lowest BCUT2D eigenvalue weighted by molar-refractivity contribution is -0.168. The fraction of sp³-hybridized carbons (Fsp3) is 0.545. The predicted molar refractivity (Wildman–Crippen MR) is 59.6 cm³/mol. The summed E-state index contributed by atoms with van der Waals surface area (Å²) >= 11 is 0. The Labute approximate surface area is 105 Å². The van der Waals surface area contributed by atoms with Crippen LogP contribution in [0.25, 0.3) is 0 Å². The third-order valence-electron chi connectivity index (χ3n) is 1.54. The van der Waals surface area contributed by atoms with Crippen LogP contribution in [-0.2, 0) is 33.3 Å². The average molecular weight is 260 g/mol. The van der Waals surface area contributed by atoms with Gasteiger partial charge in [-0.3, -0.25) is 0 Å². The fourth-order valence-electron chi connectivity index (χ4n) is 0.804. The number of hydrogen-bond donors (Lipinski definition) is 0. The van der Waals surface area contributed by atoms with E-state index in [9.17, 15) is 14.4 Å². The molecule has 0 saturated heterocycles. The quantitative estimate of drug-likeness (QED) is 0.197. The number of esters is 3. The van der Waals surface area contributed by atoms with E-state index in [1.807, 2.05) is 0 Å². The van der Waals surface area contributed by atoms with Crippen LogP contribution >= 0.6 is 0 Å². The molecule has 0 N–H and O–H groups in total. The van der Waals surface area contributed by atoms with Crippen molar-refractivity contribution in [3.63, 3.8) is 0 Å². The molecule has 7 nitrogen and oxygen atoms in total. The second kappa shape index (κ2) is 10.3. The van der Waals surface area contributed by atoms with Crippen LogP contribution < -0.4 is 0 Å². The highest BCUT2D eigenvalue weighted by Gasteiger charge is 2.15. The molecule has 0 aliphatic rings. The highest BCUT2D eigenvalue weighted by Crippen LogP contribution is 1.86. The van der Waals surface area contributed by atoms with E-state index in [0.29, 0.717) is 0 Å². The Balaban J connectivity index is 3.40. The lowest BCUT2D eigenvalue weighted by atomic mass is 10.6. The summed E-state index contributed by atoms with van der Waals surface area (Å²) < 4.78 is 18.6. The van der Waals surface area contributed by atoms with Crippen LogP contribution in [0.1, 0.15) is 6.92 Å². The maximum absolute atomic E-state index is 10.9. The molecule has 0 spiro atoms. The second-order valence-corrected chi connectivity index (χ2v) is 2.84. The van der Waals surface area contributed by atoms with Gasteiger partial charge in [-0.05, 0) is 6.92 Å². The van der Waals surface area contributed by atoms with Gasteiger partial charge in [0.2, 0.25) is 0 Å². The van der Waals surface area contributed by atoms with Crippen molar-refractivity contribution in [3.05, 3.63) is 12.7 Å². The Hall–Kier alpha value is -1.89. The van der Waals surface area contributed by atoms with E-state index >= 15 is 0 Å². The monoisotopic (exact) mass is 260 g/mol. The van der Waals surface area contributed by atoms with Crippen LogP contribution in [0.2, 0.25) is 0 Å². The average Bonchev–Trinajstić information content (AvgIpc) is 2.37. The Morgan fingerprint density at radius 3 is 2.06 bits per heavy atom. The molecule has 0 rings (SSSR count). The van der Waals surface area contributed by atoms with Crippen molar-refractivity contribution in [2.24, 2.45) is 0 Å². The molecule has 0 atom stereocenters. The number of carbonyl (C=O) groups excluding carboxylic acids is 3. The third kappa shape index (κ3) is 8.28. The number of hydrogen-bond acceptors (Lipinski definition) is 7. The summed E-state index contributed by atoms with van der Waals surface area (Å²) in [5, 5.41) is 0. The highest BCUT2D eigenvalue weighted by atomic mass is 16.6. The van der Waals surface area contributed by atoms with E-state index in [0.717, 1.165) is 6.08 Å². The van der Waals surface area contributed by atoms with Gasteiger partial charge in [-0.15, -0.1) is 0 Å². The number of ether oxygens (including phenoxy) is 4. The standard InChI is InChI=1S/C11H16O7/c1-3-9(12)17-7-5-15-6-8-18-11(14)10(13)16-4-2/h3H,1,4-8H2,2H3. The molecule has 0 bridgehead atoms. The van der Waals surface area contributed by atoms with Gasteiger partial charge in [0.25, 0.3) is 0 Å². The zero-order valence-corrected chi connectivity index (χ0v) is 10.2. The van der Waals surface area contributed by atoms with Gasteiger partial charge in [-0.1, -0.05) is 6.58 Å². The first kappa shape index (κ1) is 16.1. The first-order chi connectivity index (χ1) is 8.61. The first-order valence-corrected chi connectivity index (χ1v) is 5.32. The topological polar surface area (TPSA) is 88.1 Å². The molecule has 0 saturated carbocycles. The van der Waals surface area contributed by atoms with Gasteiger partial charge in [-0.25, -0.2) is 14.4 Å². The van der Waals surface area contributed by atoms with Crippen LogP contribution in [0.3, 0.4) is 0 Å². The normalized spacial score (nSPS) is 9.39. The Morgan fingerprint density at radius 1 is 0.944 bits per heavy atom. The van der Waals surface area contributed by atoms with Crippen LogP contribution in [0.5, 0.6) is 0 Å². The molecule has 0 unspecified atom stereocenters. The molecule has 0 amide bonds. The zero-order chi connectivity index (χ0) is 13.8. The summed E-state index contributed by atoms with van der Waals surface area (Å²) in [6.07, 6.45) is 1.04. The van der Waals surface area contributed by atoms with Crippen molar-refractivity contribution in [2.45, 2.75) is 6.92 Å². The van der Waals surface area contributed by atoms with E-state index < -0.39 is 17.9 Å². The van der Waals surface area contributed by atoms with E-state index in [2.05, 4.69) is 20.8 Å². The molecule has 0 aromatic heterocycles. The minimum Gasteiger partial charge on any atom is -0.460 e. The smallest absolute Gasteiger partial charge is 0.417 e. The van der Waals surface area contributed by atoms with Crippen LogP contribution in [0, 0.1) is 0 Å². The summed E-state index contributed by atoms with van der Waals surface area (Å²) in [5.74, 6) is -2.62. The SMILES string of the molecule is C=CC(=O)OCCOCCOC(=O)C(=O)OCC. The minimum absolute atomic E-state index is 0.0763. The second-order valence-electron chi connectivity index (χ2n) is 2.84. The van der Waals surface area contributed by atoms with Crippen molar-refractivity contribution in [1.82, 2.24) is 0 Å². The molecule has 0 aromatic carbocycles. The highest BCUT2D eigenvalue weighted by molar-refractivity contribution is 6.29. The van der Waals surface area contributed by atoms with E-state index in [1.165, 1.54) is 0 Å². The first-order valence-electron chi connectivity index (χ1n) is 5.32. The van der Waals surface area contributed by atoms with Crippen LogP contribution in [0.4, 0.5) is 0 Å². The van der Waals surface area contributed by atoms with Crippen LogP contribution in [-0.4, -0.2) is 50.9 Å². The molecule has 0 heterocycles. The lowest BCUT2D eigenvalue weighted by Gasteiger charge is -2.05. The minimum atomic E-state index is -1.06. The predicted octanol–water partition coefficient (Wildman–Crippen LogP) is -0.161. The molecule has 0 aliphatic carbocycles. The summed E-state index contributed by atoms with van der Waals surface area (Å²) in [5.41, 5.74) is 0. The Bertz CT molecular complexity index is 298. The largest absolute Gasteiger partial charge is 0.460 e. The maximum Gasteiger partial charge on any atom is 0.417 e. The molecular formula is C11H16O7. The summed E-state index contributed by atoms with van der Waals surface area (Å²) in [6, 6.07) is 0. The molecule has 0 radical (unpaired) electrons. The van der Waals surface area contributed by atoms with E-state index in [4.69, 9.17) is 4.74 Å². The van der Waals surface area contributed by atoms with Gasteiger partial charge >= 0.3 is 17.9 Å². The van der Waals surface area contributed by atoms with Gasteiger partial charge in [0.15, 0.2) is 0 Å². The molecule has 102 valence electrons. The van der Waals surface area contributed by atoms with Gasteiger partial charge in [0.1, 0.15) is 13.2 Å². The molecular weight excluding hydrogens is 244 g/mol. The maximum atomic E-state index is 10.9. The van der Waals surface area contributed by atoms with Crippen molar-refractivity contribution in [3.8, 4) is 0 Å². The number of rotatable bonds is 8. The van der Waals surface area contributed by atoms with Gasteiger partial charge in [0.05, 0.1) is 19.8 Å². The van der Waals surface area contributed by atoms with Crippen molar-refractivity contribution < 1.29 is 33.3 Å². The molecule has 0 aliphatic heterocycles. The van der Waals surface area contributed by atoms with Crippen LogP contribution in [0.15, 0.2) is 12.7 Å².